The van der Waals surface area contributed by atoms with Crippen molar-refractivity contribution in [1.29, 1.82) is 0 Å². The quantitative estimate of drug-likeness (QED) is 0.693. The molecule has 1 aromatic heterocycles. The van der Waals surface area contributed by atoms with E-state index in [1.165, 1.54) is 18.5 Å². The molecular weight excluding hydrogens is 215 g/mol. The first kappa shape index (κ1) is 10.1. The van der Waals surface area contributed by atoms with Crippen LogP contribution in [0, 0.1) is 12.7 Å². The van der Waals surface area contributed by atoms with E-state index in [9.17, 15) is 4.39 Å². The van der Waals surface area contributed by atoms with Gasteiger partial charge in [-0.05, 0) is 24.6 Å². The van der Waals surface area contributed by atoms with Crippen LogP contribution in [0.5, 0.6) is 0 Å². The van der Waals surface area contributed by atoms with Crippen LogP contribution in [0.25, 0.3) is 11.3 Å². The zero-order valence-corrected chi connectivity index (χ0v) is 8.79. The Morgan fingerprint density at radius 1 is 1.20 bits per heavy atom. The van der Waals surface area contributed by atoms with Gasteiger partial charge in [0.1, 0.15) is 17.3 Å². The Bertz CT molecular complexity index is 500. The molecule has 0 bridgehead atoms. The Morgan fingerprint density at radius 2 is 2.00 bits per heavy atom. The molecule has 0 N–H and O–H groups in total. The highest BCUT2D eigenvalue weighted by Gasteiger charge is 2.05. The van der Waals surface area contributed by atoms with Crippen molar-refractivity contribution in [2.45, 2.75) is 6.92 Å². The van der Waals surface area contributed by atoms with Crippen molar-refractivity contribution in [3.05, 3.63) is 47.1 Å². The Labute approximate surface area is 91.8 Å². The maximum absolute atomic E-state index is 13.1. The summed E-state index contributed by atoms with van der Waals surface area (Å²) in [6, 6.07) is 6.18. The van der Waals surface area contributed by atoms with Crippen molar-refractivity contribution < 1.29 is 4.39 Å². The lowest BCUT2D eigenvalue weighted by Crippen LogP contribution is -1.89. The van der Waals surface area contributed by atoms with Gasteiger partial charge in [-0.2, -0.15) is 0 Å². The lowest BCUT2D eigenvalue weighted by molar-refractivity contribution is 0.628. The average Bonchev–Trinajstić information content (AvgIpc) is 2.22. The molecule has 0 spiro atoms. The van der Waals surface area contributed by atoms with Crippen LogP contribution in [-0.4, -0.2) is 9.97 Å². The number of hydrogen-bond donors (Lipinski definition) is 0. The van der Waals surface area contributed by atoms with E-state index in [4.69, 9.17) is 11.6 Å². The molecule has 0 saturated carbocycles. The topological polar surface area (TPSA) is 25.8 Å². The minimum Gasteiger partial charge on any atom is -0.236 e. The van der Waals surface area contributed by atoms with Gasteiger partial charge >= 0.3 is 0 Å². The summed E-state index contributed by atoms with van der Waals surface area (Å²) in [5, 5.41) is 0.351. The molecule has 2 rings (SSSR count). The monoisotopic (exact) mass is 222 g/mol. The van der Waals surface area contributed by atoms with Crippen LogP contribution in [0.1, 0.15) is 5.56 Å². The fourth-order valence-electron chi connectivity index (χ4n) is 1.35. The third-order valence-electron chi connectivity index (χ3n) is 2.11. The molecule has 0 saturated heterocycles. The van der Waals surface area contributed by atoms with Crippen LogP contribution >= 0.6 is 11.6 Å². The summed E-state index contributed by atoms with van der Waals surface area (Å²) in [6.07, 6.45) is 1.36. The van der Waals surface area contributed by atoms with Gasteiger partial charge in [-0.15, -0.1) is 0 Å². The molecular formula is C11H8ClFN2. The normalized spacial score (nSPS) is 10.3. The van der Waals surface area contributed by atoms with E-state index in [0.717, 1.165) is 11.1 Å². The highest BCUT2D eigenvalue weighted by molar-refractivity contribution is 6.29. The number of benzene rings is 1. The molecule has 0 amide bonds. The number of rotatable bonds is 1. The zero-order chi connectivity index (χ0) is 10.8. The summed E-state index contributed by atoms with van der Waals surface area (Å²) in [5.41, 5.74) is 2.32. The number of aryl methyl sites for hydroxylation is 1. The second kappa shape index (κ2) is 3.95. The maximum atomic E-state index is 13.1. The molecule has 2 aromatic rings. The molecule has 0 atom stereocenters. The molecule has 0 aliphatic carbocycles. The summed E-state index contributed by atoms with van der Waals surface area (Å²) in [7, 11) is 0. The molecule has 0 aliphatic heterocycles. The fraction of sp³-hybridized carbons (Fsp3) is 0.0909. The van der Waals surface area contributed by atoms with E-state index in [0.29, 0.717) is 10.8 Å². The lowest BCUT2D eigenvalue weighted by atomic mass is 10.1. The van der Waals surface area contributed by atoms with Crippen molar-refractivity contribution in [3.8, 4) is 11.3 Å². The van der Waals surface area contributed by atoms with Crippen molar-refractivity contribution in [1.82, 2.24) is 9.97 Å². The number of aromatic nitrogens is 2. The third kappa shape index (κ3) is 2.13. The van der Waals surface area contributed by atoms with Crippen molar-refractivity contribution >= 4 is 11.6 Å². The molecule has 0 unspecified atom stereocenters. The third-order valence-corrected chi connectivity index (χ3v) is 2.32. The molecule has 0 radical (unpaired) electrons. The standard InChI is InChI=1S/C11H8ClFN2/c1-7-2-3-8(13)4-9(7)10-5-11(12)15-6-14-10/h2-6H,1H3. The van der Waals surface area contributed by atoms with Crippen molar-refractivity contribution in [3.63, 3.8) is 0 Å². The first-order valence-electron chi connectivity index (χ1n) is 4.41. The van der Waals surface area contributed by atoms with Crippen molar-refractivity contribution in [2.75, 3.05) is 0 Å². The predicted octanol–water partition coefficient (Wildman–Crippen LogP) is 3.24. The van der Waals surface area contributed by atoms with E-state index in [-0.39, 0.29) is 5.82 Å². The fourth-order valence-corrected chi connectivity index (χ4v) is 1.50. The van der Waals surface area contributed by atoms with Crippen LogP contribution in [0.15, 0.2) is 30.6 Å². The minimum atomic E-state index is -0.287. The van der Waals surface area contributed by atoms with E-state index in [1.54, 1.807) is 12.1 Å². The summed E-state index contributed by atoms with van der Waals surface area (Å²) < 4.78 is 13.1. The van der Waals surface area contributed by atoms with Gasteiger partial charge in [-0.1, -0.05) is 17.7 Å². The summed E-state index contributed by atoms with van der Waals surface area (Å²) in [4.78, 5) is 7.83. The number of halogens is 2. The second-order valence-electron chi connectivity index (χ2n) is 3.19. The van der Waals surface area contributed by atoms with E-state index < -0.39 is 0 Å². The van der Waals surface area contributed by atoms with Crippen LogP contribution < -0.4 is 0 Å². The number of nitrogens with zero attached hydrogens (tertiary/aromatic N) is 2. The lowest BCUT2D eigenvalue weighted by Gasteiger charge is -2.04. The Hall–Kier alpha value is -1.48. The van der Waals surface area contributed by atoms with E-state index in [1.807, 2.05) is 6.92 Å². The first-order chi connectivity index (χ1) is 7.16. The van der Waals surface area contributed by atoms with Gasteiger partial charge in [0.2, 0.25) is 0 Å². The van der Waals surface area contributed by atoms with Gasteiger partial charge in [-0.3, -0.25) is 0 Å². The molecule has 1 heterocycles. The molecule has 15 heavy (non-hydrogen) atoms. The smallest absolute Gasteiger partial charge is 0.133 e. The van der Waals surface area contributed by atoms with E-state index >= 15 is 0 Å². The molecule has 2 nitrogen and oxygen atoms in total. The molecule has 76 valence electrons. The molecule has 0 aliphatic rings. The largest absolute Gasteiger partial charge is 0.236 e. The van der Waals surface area contributed by atoms with Gasteiger partial charge in [0.15, 0.2) is 0 Å². The number of hydrogen-bond acceptors (Lipinski definition) is 2. The van der Waals surface area contributed by atoms with Crippen LogP contribution in [0.3, 0.4) is 0 Å². The van der Waals surface area contributed by atoms with Crippen LogP contribution in [-0.2, 0) is 0 Å². The Kier molecular flexibility index (Phi) is 2.64. The maximum Gasteiger partial charge on any atom is 0.133 e. The first-order valence-corrected chi connectivity index (χ1v) is 4.78. The molecule has 1 aromatic carbocycles. The molecule has 0 fully saturated rings. The molecule has 4 heteroatoms. The zero-order valence-electron chi connectivity index (χ0n) is 8.04. The van der Waals surface area contributed by atoms with Gasteiger partial charge in [0.25, 0.3) is 0 Å². The highest BCUT2D eigenvalue weighted by atomic mass is 35.5. The highest BCUT2D eigenvalue weighted by Crippen LogP contribution is 2.23. The second-order valence-corrected chi connectivity index (χ2v) is 3.57. The van der Waals surface area contributed by atoms with E-state index in [2.05, 4.69) is 9.97 Å². The summed E-state index contributed by atoms with van der Waals surface area (Å²) >= 11 is 5.74. The predicted molar refractivity (Wildman–Crippen MR) is 57.2 cm³/mol. The Morgan fingerprint density at radius 3 is 2.73 bits per heavy atom. The van der Waals surface area contributed by atoms with Crippen LogP contribution in [0.4, 0.5) is 4.39 Å². The van der Waals surface area contributed by atoms with Gasteiger partial charge < -0.3 is 0 Å². The van der Waals surface area contributed by atoms with Gasteiger partial charge in [0.05, 0.1) is 5.69 Å². The van der Waals surface area contributed by atoms with Crippen molar-refractivity contribution in [2.24, 2.45) is 0 Å². The average molecular weight is 223 g/mol. The van der Waals surface area contributed by atoms with Gasteiger partial charge in [0, 0.05) is 11.6 Å². The minimum absolute atomic E-state index is 0.287. The summed E-state index contributed by atoms with van der Waals surface area (Å²) in [6.45, 7) is 1.89. The Balaban J connectivity index is 2.58. The van der Waals surface area contributed by atoms with Gasteiger partial charge in [-0.25, -0.2) is 14.4 Å². The summed E-state index contributed by atoms with van der Waals surface area (Å²) in [5.74, 6) is -0.287. The SMILES string of the molecule is Cc1ccc(F)cc1-c1cc(Cl)ncn1. The van der Waals surface area contributed by atoms with Crippen LogP contribution in [0.2, 0.25) is 5.15 Å².